The minimum absolute atomic E-state index is 0.120. The molecule has 9 heteroatoms. The quantitative estimate of drug-likeness (QED) is 0.864. The molecule has 0 radical (unpaired) electrons. The zero-order chi connectivity index (χ0) is 19.1. The Bertz CT molecular complexity index is 992. The van der Waals surface area contributed by atoms with Crippen molar-refractivity contribution in [3.8, 4) is 0 Å². The van der Waals surface area contributed by atoms with Crippen LogP contribution in [0.15, 0.2) is 42.5 Å². The lowest BCUT2D eigenvalue weighted by molar-refractivity contribution is -0.119. The predicted molar refractivity (Wildman–Crippen MR) is 96.2 cm³/mol. The number of anilines is 2. The van der Waals surface area contributed by atoms with Crippen LogP contribution in [0.4, 0.5) is 15.8 Å². The lowest BCUT2D eigenvalue weighted by Gasteiger charge is -2.15. The molecule has 0 aromatic heterocycles. The first-order valence-electron chi connectivity index (χ1n) is 7.62. The Morgan fingerprint density at radius 1 is 1.23 bits per heavy atom. The van der Waals surface area contributed by atoms with Gasteiger partial charge in [0.1, 0.15) is 5.82 Å². The van der Waals surface area contributed by atoms with Crippen LogP contribution in [0.5, 0.6) is 0 Å². The van der Waals surface area contributed by atoms with Crippen LogP contribution in [-0.4, -0.2) is 26.0 Å². The third kappa shape index (κ3) is 3.42. The second-order valence-corrected chi connectivity index (χ2v) is 8.18. The summed E-state index contributed by atoms with van der Waals surface area (Å²) in [5.41, 5.74) is 0.739. The molecule has 0 unspecified atom stereocenters. The third-order valence-corrected chi connectivity index (χ3v) is 6.06. The standard InChI is InChI=1S/C17H14ClFN2O4S/c1-10-9-26(24,25)21(17(10)23)13-5-2-11(3-6-13)16(22)20-12-4-7-15(19)14(18)8-12/h2-8,10H,9H2,1H3,(H,20,22)/t10-/m0/s1. The molecule has 1 fully saturated rings. The molecule has 136 valence electrons. The Labute approximate surface area is 154 Å². The van der Waals surface area contributed by atoms with Gasteiger partial charge in [-0.05, 0) is 42.5 Å². The minimum atomic E-state index is -3.70. The number of carbonyl (C=O) groups excluding carboxylic acids is 2. The highest BCUT2D eigenvalue weighted by molar-refractivity contribution is 7.94. The van der Waals surface area contributed by atoms with Crippen molar-refractivity contribution in [1.29, 1.82) is 0 Å². The van der Waals surface area contributed by atoms with Crippen molar-refractivity contribution in [2.45, 2.75) is 6.92 Å². The maximum absolute atomic E-state index is 13.1. The van der Waals surface area contributed by atoms with E-state index in [1.807, 2.05) is 0 Å². The van der Waals surface area contributed by atoms with Crippen molar-refractivity contribution in [2.24, 2.45) is 5.92 Å². The van der Waals surface area contributed by atoms with Gasteiger partial charge < -0.3 is 5.32 Å². The number of hydrogen-bond donors (Lipinski definition) is 1. The molecule has 2 aromatic rings. The van der Waals surface area contributed by atoms with E-state index in [2.05, 4.69) is 5.32 Å². The Kier molecular flexibility index (Phi) is 4.72. The van der Waals surface area contributed by atoms with E-state index in [4.69, 9.17) is 11.6 Å². The molecule has 6 nitrogen and oxygen atoms in total. The largest absolute Gasteiger partial charge is 0.322 e. The van der Waals surface area contributed by atoms with E-state index in [9.17, 15) is 22.4 Å². The minimum Gasteiger partial charge on any atom is -0.322 e. The number of rotatable bonds is 3. The molecule has 1 aliphatic heterocycles. The van der Waals surface area contributed by atoms with Crippen molar-refractivity contribution in [3.05, 3.63) is 58.9 Å². The van der Waals surface area contributed by atoms with Crippen molar-refractivity contribution in [2.75, 3.05) is 15.4 Å². The molecule has 0 saturated carbocycles. The Morgan fingerprint density at radius 2 is 1.88 bits per heavy atom. The monoisotopic (exact) mass is 396 g/mol. The predicted octanol–water partition coefficient (Wildman–Crippen LogP) is 3.04. The van der Waals surface area contributed by atoms with Crippen molar-refractivity contribution in [3.63, 3.8) is 0 Å². The van der Waals surface area contributed by atoms with Gasteiger partial charge in [0.15, 0.2) is 0 Å². The van der Waals surface area contributed by atoms with Crippen molar-refractivity contribution < 1.29 is 22.4 Å². The summed E-state index contributed by atoms with van der Waals surface area (Å²) in [5, 5.41) is 2.44. The molecule has 3 rings (SSSR count). The average molecular weight is 397 g/mol. The molecule has 2 aromatic carbocycles. The smallest absolute Gasteiger partial charge is 0.255 e. The van der Waals surface area contributed by atoms with Crippen molar-refractivity contribution >= 4 is 44.8 Å². The van der Waals surface area contributed by atoms with Crippen LogP contribution in [0.25, 0.3) is 0 Å². The van der Waals surface area contributed by atoms with Crippen LogP contribution in [-0.2, 0) is 14.8 Å². The van der Waals surface area contributed by atoms with Gasteiger partial charge in [-0.1, -0.05) is 18.5 Å². The molecule has 1 atom stereocenters. The maximum Gasteiger partial charge on any atom is 0.255 e. The van der Waals surface area contributed by atoms with Crippen LogP contribution in [0, 0.1) is 11.7 Å². The van der Waals surface area contributed by atoms with E-state index < -0.39 is 33.6 Å². The van der Waals surface area contributed by atoms with Crippen LogP contribution in [0.3, 0.4) is 0 Å². The summed E-state index contributed by atoms with van der Waals surface area (Å²) in [6, 6.07) is 9.36. The van der Waals surface area contributed by atoms with Gasteiger partial charge in [-0.25, -0.2) is 17.1 Å². The Hall–Kier alpha value is -2.45. The summed E-state index contributed by atoms with van der Waals surface area (Å²) >= 11 is 5.67. The SMILES string of the molecule is C[C@H]1CS(=O)(=O)N(c2ccc(C(=O)Nc3ccc(F)c(Cl)c3)cc2)C1=O. The average Bonchev–Trinajstić information content (AvgIpc) is 2.78. The fourth-order valence-electron chi connectivity index (χ4n) is 2.61. The summed E-state index contributed by atoms with van der Waals surface area (Å²) in [6.45, 7) is 1.55. The van der Waals surface area contributed by atoms with E-state index in [1.165, 1.54) is 36.4 Å². The van der Waals surface area contributed by atoms with E-state index >= 15 is 0 Å². The summed E-state index contributed by atoms with van der Waals surface area (Å²) < 4.78 is 38.1. The second kappa shape index (κ2) is 6.69. The molecule has 0 spiro atoms. The van der Waals surface area contributed by atoms with Crippen LogP contribution in [0.2, 0.25) is 5.02 Å². The van der Waals surface area contributed by atoms with E-state index in [1.54, 1.807) is 6.92 Å². The number of hydrogen-bond acceptors (Lipinski definition) is 4. The number of nitrogens with zero attached hydrogens (tertiary/aromatic N) is 1. The Balaban J connectivity index is 1.80. The van der Waals surface area contributed by atoms with Gasteiger partial charge in [-0.2, -0.15) is 0 Å². The fourth-order valence-corrected chi connectivity index (χ4v) is 4.61. The number of nitrogens with one attached hydrogen (secondary N) is 1. The topological polar surface area (TPSA) is 83.6 Å². The van der Waals surface area contributed by atoms with Gasteiger partial charge in [-0.3, -0.25) is 9.59 Å². The van der Waals surface area contributed by atoms with E-state index in [-0.39, 0.29) is 22.0 Å². The van der Waals surface area contributed by atoms with E-state index in [0.717, 1.165) is 10.4 Å². The Morgan fingerprint density at radius 3 is 2.42 bits per heavy atom. The normalized spacial score (nSPS) is 18.8. The second-order valence-electron chi connectivity index (χ2n) is 5.91. The zero-order valence-electron chi connectivity index (χ0n) is 13.6. The number of amides is 2. The lowest BCUT2D eigenvalue weighted by atomic mass is 10.1. The lowest BCUT2D eigenvalue weighted by Crippen LogP contribution is -2.30. The highest BCUT2D eigenvalue weighted by atomic mass is 35.5. The van der Waals surface area contributed by atoms with Gasteiger partial charge in [0.2, 0.25) is 15.9 Å². The van der Waals surface area contributed by atoms with E-state index in [0.29, 0.717) is 5.69 Å². The summed E-state index contributed by atoms with van der Waals surface area (Å²) in [4.78, 5) is 24.3. The molecule has 0 aliphatic carbocycles. The summed E-state index contributed by atoms with van der Waals surface area (Å²) in [7, 11) is -3.70. The summed E-state index contributed by atoms with van der Waals surface area (Å²) in [6.07, 6.45) is 0. The highest BCUT2D eigenvalue weighted by Gasteiger charge is 2.41. The number of benzene rings is 2. The van der Waals surface area contributed by atoms with Crippen LogP contribution >= 0.6 is 11.6 Å². The van der Waals surface area contributed by atoms with Crippen LogP contribution < -0.4 is 9.62 Å². The molecule has 26 heavy (non-hydrogen) atoms. The molecule has 1 N–H and O–H groups in total. The first-order valence-corrected chi connectivity index (χ1v) is 9.61. The van der Waals surface area contributed by atoms with Gasteiger partial charge >= 0.3 is 0 Å². The van der Waals surface area contributed by atoms with Crippen molar-refractivity contribution in [1.82, 2.24) is 0 Å². The third-order valence-electron chi connectivity index (χ3n) is 3.90. The van der Waals surface area contributed by atoms with Gasteiger partial charge in [0.05, 0.1) is 22.4 Å². The zero-order valence-corrected chi connectivity index (χ0v) is 15.1. The molecule has 0 bridgehead atoms. The fraction of sp³-hybridized carbons (Fsp3) is 0.176. The highest BCUT2D eigenvalue weighted by Crippen LogP contribution is 2.28. The molecular formula is C17H14ClFN2O4S. The van der Waals surface area contributed by atoms with Crippen LogP contribution in [0.1, 0.15) is 17.3 Å². The number of carbonyl (C=O) groups is 2. The molecule has 1 heterocycles. The first kappa shape index (κ1) is 18.3. The number of halogens is 2. The first-order chi connectivity index (χ1) is 12.2. The van der Waals surface area contributed by atoms with Gasteiger partial charge in [0.25, 0.3) is 5.91 Å². The summed E-state index contributed by atoms with van der Waals surface area (Å²) in [5.74, 6) is -2.42. The molecule has 1 saturated heterocycles. The number of sulfonamides is 1. The molecular weight excluding hydrogens is 383 g/mol. The molecule has 1 aliphatic rings. The maximum atomic E-state index is 13.1. The molecule has 2 amide bonds. The van der Waals surface area contributed by atoms with Gasteiger partial charge in [-0.15, -0.1) is 0 Å². The van der Waals surface area contributed by atoms with Gasteiger partial charge in [0, 0.05) is 11.3 Å².